The predicted octanol–water partition coefficient (Wildman–Crippen LogP) is 5.79. The summed E-state index contributed by atoms with van der Waals surface area (Å²) in [6.07, 6.45) is 7.11. The lowest BCUT2D eigenvalue weighted by atomic mass is 9.88. The second-order valence-electron chi connectivity index (χ2n) is 8.11. The summed E-state index contributed by atoms with van der Waals surface area (Å²) in [5, 5.41) is 5.09. The van der Waals surface area contributed by atoms with Crippen molar-refractivity contribution in [3.05, 3.63) is 67.1 Å². The molecular weight excluding hydrogens is 566 g/mol. The number of ether oxygens (including phenoxy) is 2. The maximum absolute atomic E-state index is 13.4. The van der Waals surface area contributed by atoms with E-state index in [1.807, 2.05) is 24.3 Å². The Kier molecular flexibility index (Phi) is 8.15. The zero-order chi connectivity index (χ0) is 24.1. The van der Waals surface area contributed by atoms with Crippen LogP contribution in [0.15, 0.2) is 55.2 Å². The second kappa shape index (κ2) is 11.3. The van der Waals surface area contributed by atoms with Crippen molar-refractivity contribution in [1.82, 2.24) is 9.66 Å². The van der Waals surface area contributed by atoms with Crippen molar-refractivity contribution in [1.29, 1.82) is 0 Å². The minimum absolute atomic E-state index is 0.168. The van der Waals surface area contributed by atoms with Gasteiger partial charge >= 0.3 is 5.97 Å². The van der Waals surface area contributed by atoms with E-state index in [9.17, 15) is 9.59 Å². The molecule has 9 heteroatoms. The monoisotopic (exact) mass is 589 g/mol. The molecule has 178 valence electrons. The molecule has 0 radical (unpaired) electrons. The van der Waals surface area contributed by atoms with Crippen LogP contribution in [0.5, 0.6) is 5.75 Å². The van der Waals surface area contributed by atoms with Gasteiger partial charge in [0.25, 0.3) is 5.56 Å². The van der Waals surface area contributed by atoms with E-state index in [2.05, 4.69) is 37.0 Å². The molecule has 0 aliphatic heterocycles. The Labute approximate surface area is 214 Å². The second-order valence-corrected chi connectivity index (χ2v) is 9.88. The van der Waals surface area contributed by atoms with E-state index >= 15 is 0 Å². The highest BCUT2D eigenvalue weighted by Gasteiger charge is 2.22. The van der Waals surface area contributed by atoms with Crippen molar-refractivity contribution in [3.8, 4) is 5.75 Å². The van der Waals surface area contributed by atoms with Gasteiger partial charge < -0.3 is 9.47 Å². The summed E-state index contributed by atoms with van der Waals surface area (Å²) < 4.78 is 13.3. The number of carbonyl (C=O) groups excluding carboxylic acids is 1. The van der Waals surface area contributed by atoms with Gasteiger partial charge in [0.05, 0.1) is 28.2 Å². The molecule has 1 fully saturated rings. The first-order valence-electron chi connectivity index (χ1n) is 11.3. The molecule has 34 heavy (non-hydrogen) atoms. The number of halogens is 2. The average Bonchev–Trinajstić information content (AvgIpc) is 2.84. The fourth-order valence-electron chi connectivity index (χ4n) is 4.08. The topological polar surface area (TPSA) is 82.8 Å². The molecule has 1 aliphatic rings. The highest BCUT2D eigenvalue weighted by Crippen LogP contribution is 2.32. The Morgan fingerprint density at radius 1 is 1.18 bits per heavy atom. The number of aromatic nitrogens is 2. The molecule has 0 bridgehead atoms. The van der Waals surface area contributed by atoms with E-state index < -0.39 is 5.97 Å². The van der Waals surface area contributed by atoms with Gasteiger partial charge in [-0.2, -0.15) is 9.78 Å². The number of hydrogen-bond acceptors (Lipinski definition) is 6. The van der Waals surface area contributed by atoms with Crippen LogP contribution in [-0.2, 0) is 9.53 Å². The van der Waals surface area contributed by atoms with E-state index in [4.69, 9.17) is 14.5 Å². The van der Waals surface area contributed by atoms with E-state index in [1.54, 1.807) is 25.3 Å². The van der Waals surface area contributed by atoms with Crippen LogP contribution in [0.2, 0.25) is 0 Å². The molecule has 1 saturated carbocycles. The molecule has 1 heterocycles. The average molecular weight is 591 g/mol. The van der Waals surface area contributed by atoms with Gasteiger partial charge in [-0.15, -0.1) is 0 Å². The molecule has 1 aromatic heterocycles. The molecule has 0 unspecified atom stereocenters. The van der Waals surface area contributed by atoms with E-state index in [0.29, 0.717) is 33.6 Å². The lowest BCUT2D eigenvalue weighted by Crippen LogP contribution is -2.25. The standard InChI is InChI=1S/C25H25Br2N3O4/c1-2-33-23(31)15-34-22-11-8-16(12-20(22)27)14-28-30-24(17-6-4-3-5-7-17)29-21-10-9-18(26)13-19(21)25(30)32/h8-14,17H,2-7,15H2,1H3. The quantitative estimate of drug-likeness (QED) is 0.257. The maximum atomic E-state index is 13.4. The van der Waals surface area contributed by atoms with Gasteiger partial charge in [-0.05, 0) is 77.7 Å². The predicted molar refractivity (Wildman–Crippen MR) is 139 cm³/mol. The van der Waals surface area contributed by atoms with Crippen LogP contribution in [0.4, 0.5) is 0 Å². The van der Waals surface area contributed by atoms with E-state index in [-0.39, 0.29) is 18.1 Å². The van der Waals surface area contributed by atoms with Crippen molar-refractivity contribution < 1.29 is 14.3 Å². The summed E-state index contributed by atoms with van der Waals surface area (Å²) in [5.74, 6) is 1.01. The van der Waals surface area contributed by atoms with E-state index in [1.165, 1.54) is 11.1 Å². The lowest BCUT2D eigenvalue weighted by molar-refractivity contribution is -0.145. The molecular formula is C25H25Br2N3O4. The molecule has 3 aromatic rings. The fourth-order valence-corrected chi connectivity index (χ4v) is 4.95. The van der Waals surface area contributed by atoms with Gasteiger partial charge in [0.1, 0.15) is 11.6 Å². The highest BCUT2D eigenvalue weighted by molar-refractivity contribution is 9.10. The van der Waals surface area contributed by atoms with Crippen LogP contribution in [-0.4, -0.2) is 35.1 Å². The van der Waals surface area contributed by atoms with Crippen LogP contribution in [0.1, 0.15) is 56.3 Å². The number of carbonyl (C=O) groups is 1. The molecule has 0 N–H and O–H groups in total. The molecule has 0 atom stereocenters. The number of esters is 1. The smallest absolute Gasteiger partial charge is 0.344 e. The molecule has 7 nitrogen and oxygen atoms in total. The Hall–Kier alpha value is -2.52. The minimum atomic E-state index is -0.426. The fraction of sp³-hybridized carbons (Fsp3) is 0.360. The third-order valence-corrected chi connectivity index (χ3v) is 6.85. The Balaban J connectivity index is 1.65. The largest absolute Gasteiger partial charge is 0.481 e. The zero-order valence-electron chi connectivity index (χ0n) is 18.8. The number of rotatable bonds is 7. The van der Waals surface area contributed by atoms with Gasteiger partial charge in [0, 0.05) is 10.4 Å². The summed E-state index contributed by atoms with van der Waals surface area (Å²) in [4.78, 5) is 29.8. The van der Waals surface area contributed by atoms with Crippen molar-refractivity contribution in [2.45, 2.75) is 44.9 Å². The third-order valence-electron chi connectivity index (χ3n) is 5.73. The van der Waals surface area contributed by atoms with Gasteiger partial charge in [-0.25, -0.2) is 9.78 Å². The minimum Gasteiger partial charge on any atom is -0.481 e. The molecule has 1 aliphatic carbocycles. The van der Waals surface area contributed by atoms with Crippen molar-refractivity contribution >= 4 is 54.9 Å². The van der Waals surface area contributed by atoms with E-state index in [0.717, 1.165) is 35.7 Å². The highest BCUT2D eigenvalue weighted by atomic mass is 79.9. The summed E-state index contributed by atoms with van der Waals surface area (Å²) in [7, 11) is 0. The van der Waals surface area contributed by atoms with Crippen molar-refractivity contribution in [2.75, 3.05) is 13.2 Å². The van der Waals surface area contributed by atoms with Crippen LogP contribution >= 0.6 is 31.9 Å². The normalized spacial score (nSPS) is 14.6. The summed E-state index contributed by atoms with van der Waals surface area (Å²) in [6.45, 7) is 1.89. The lowest BCUT2D eigenvalue weighted by Gasteiger charge is -2.22. The Morgan fingerprint density at radius 3 is 2.71 bits per heavy atom. The van der Waals surface area contributed by atoms with Gasteiger partial charge in [-0.3, -0.25) is 4.79 Å². The number of fused-ring (bicyclic) bond motifs is 1. The third kappa shape index (κ3) is 5.75. The molecule has 0 saturated heterocycles. The molecule has 0 spiro atoms. The number of hydrogen-bond donors (Lipinski definition) is 0. The van der Waals surface area contributed by atoms with Crippen LogP contribution in [0, 0.1) is 0 Å². The number of nitrogens with zero attached hydrogens (tertiary/aromatic N) is 3. The first kappa shape index (κ1) is 24.6. The first-order valence-corrected chi connectivity index (χ1v) is 12.9. The first-order chi connectivity index (χ1) is 16.5. The van der Waals surface area contributed by atoms with Gasteiger partial charge in [0.2, 0.25) is 0 Å². The SMILES string of the molecule is CCOC(=O)COc1ccc(C=Nn2c(C3CCCCC3)nc3ccc(Br)cc3c2=O)cc1Br. The van der Waals surface area contributed by atoms with Crippen molar-refractivity contribution in [2.24, 2.45) is 5.10 Å². The van der Waals surface area contributed by atoms with Crippen LogP contribution in [0.25, 0.3) is 10.9 Å². The number of benzene rings is 2. The van der Waals surface area contributed by atoms with Crippen LogP contribution in [0.3, 0.4) is 0 Å². The van der Waals surface area contributed by atoms with Gasteiger partial charge in [0.15, 0.2) is 6.61 Å². The maximum Gasteiger partial charge on any atom is 0.344 e. The molecule has 4 rings (SSSR count). The van der Waals surface area contributed by atoms with Gasteiger partial charge in [-0.1, -0.05) is 35.2 Å². The van der Waals surface area contributed by atoms with Crippen LogP contribution < -0.4 is 10.3 Å². The zero-order valence-corrected chi connectivity index (χ0v) is 22.0. The van der Waals surface area contributed by atoms with Crippen molar-refractivity contribution in [3.63, 3.8) is 0 Å². The summed E-state index contributed by atoms with van der Waals surface area (Å²) in [5.41, 5.74) is 1.27. The Morgan fingerprint density at radius 2 is 1.97 bits per heavy atom. The summed E-state index contributed by atoms with van der Waals surface area (Å²) >= 11 is 6.92. The Bertz CT molecular complexity index is 1280. The molecule has 0 amide bonds. The molecule has 2 aromatic carbocycles. The summed E-state index contributed by atoms with van der Waals surface area (Å²) in [6, 6.07) is 10.9.